The van der Waals surface area contributed by atoms with Crippen LogP contribution in [0.25, 0.3) is 0 Å². The van der Waals surface area contributed by atoms with Gasteiger partial charge in [0.25, 0.3) is 5.91 Å². The highest BCUT2D eigenvalue weighted by molar-refractivity contribution is 6.09. The van der Waals surface area contributed by atoms with E-state index in [2.05, 4.69) is 40.8 Å². The minimum Gasteiger partial charge on any atom is -0.388 e. The van der Waals surface area contributed by atoms with Gasteiger partial charge in [0.15, 0.2) is 6.29 Å². The summed E-state index contributed by atoms with van der Waals surface area (Å²) in [5, 5.41) is 15.6. The fourth-order valence-electron chi connectivity index (χ4n) is 4.73. The molecule has 4 aromatic rings. The van der Waals surface area contributed by atoms with Crippen molar-refractivity contribution >= 4 is 29.5 Å². The molecule has 0 radical (unpaired) electrons. The number of rotatable bonds is 8. The van der Waals surface area contributed by atoms with Crippen molar-refractivity contribution in [2.75, 3.05) is 30.9 Å². The summed E-state index contributed by atoms with van der Waals surface area (Å²) in [6.07, 6.45) is 3.40. The molecule has 0 spiro atoms. The van der Waals surface area contributed by atoms with Gasteiger partial charge in [0, 0.05) is 45.0 Å². The Balaban J connectivity index is 0.000000343. The van der Waals surface area contributed by atoms with Crippen molar-refractivity contribution in [1.29, 1.82) is 5.26 Å². The Kier molecular flexibility index (Phi) is 9.85. The third-order valence-electron chi connectivity index (χ3n) is 7.09. The number of hydrogen-bond donors (Lipinski definition) is 1. The number of hydrogen-bond acceptors (Lipinski definition) is 6. The van der Waals surface area contributed by atoms with Crippen LogP contribution in [0.2, 0.25) is 0 Å². The van der Waals surface area contributed by atoms with Crippen molar-refractivity contribution in [2.24, 2.45) is 0 Å². The number of amides is 2. The quantitative estimate of drug-likeness (QED) is 0.305. The van der Waals surface area contributed by atoms with Crippen LogP contribution < -0.4 is 10.2 Å². The van der Waals surface area contributed by atoms with Crippen molar-refractivity contribution < 1.29 is 14.4 Å². The zero-order valence-electron chi connectivity index (χ0n) is 24.1. The number of anilines is 2. The highest BCUT2D eigenvalue weighted by Gasteiger charge is 2.29. The lowest BCUT2D eigenvalue weighted by Gasteiger charge is -2.28. The average molecular weight is 563 g/mol. The summed E-state index contributed by atoms with van der Waals surface area (Å²) in [7, 11) is 3.65. The topological polar surface area (TPSA) is 111 Å². The summed E-state index contributed by atoms with van der Waals surface area (Å²) in [5.41, 5.74) is 6.56. The third-order valence-corrected chi connectivity index (χ3v) is 7.09. The van der Waals surface area contributed by atoms with E-state index in [4.69, 9.17) is 5.26 Å². The molecular formula is C33H34N6O3. The van der Waals surface area contributed by atoms with Gasteiger partial charge in [-0.25, -0.2) is 0 Å². The lowest BCUT2D eigenvalue weighted by Crippen LogP contribution is -2.41. The van der Waals surface area contributed by atoms with Crippen molar-refractivity contribution in [1.82, 2.24) is 14.7 Å². The van der Waals surface area contributed by atoms with E-state index in [1.807, 2.05) is 57.4 Å². The molecule has 0 atom stereocenters. The molecule has 0 saturated heterocycles. The zero-order chi connectivity index (χ0) is 30.1. The fraction of sp³-hybridized carbons (Fsp3) is 0.242. The lowest BCUT2D eigenvalue weighted by atomic mass is 10.0. The molecule has 0 aliphatic carbocycles. The number of fused-ring (bicyclic) bond motifs is 1. The Morgan fingerprint density at radius 1 is 1.05 bits per heavy atom. The van der Waals surface area contributed by atoms with Crippen LogP contribution in [0, 0.1) is 11.3 Å². The molecular weight excluding hydrogens is 528 g/mol. The minimum absolute atomic E-state index is 0.133. The van der Waals surface area contributed by atoms with Gasteiger partial charge in [-0.2, -0.15) is 10.4 Å². The first kappa shape index (κ1) is 29.7. The number of carbonyl (C=O) groups is 3. The molecule has 9 heteroatoms. The second kappa shape index (κ2) is 13.9. The Morgan fingerprint density at radius 3 is 2.33 bits per heavy atom. The smallest absolute Gasteiger partial charge is 0.277 e. The first-order valence-corrected chi connectivity index (χ1v) is 13.8. The SMILES string of the molecule is CCC(=O)N(C)Cc1ccc(Cc2ccc(N3CCn4ncc(C=O)c4C3=O)cc2)cc1.CNc1cccc(C#N)c1. The van der Waals surface area contributed by atoms with Gasteiger partial charge in [-0.05, 0) is 53.4 Å². The molecule has 5 rings (SSSR count). The van der Waals surface area contributed by atoms with E-state index in [-0.39, 0.29) is 11.8 Å². The summed E-state index contributed by atoms with van der Waals surface area (Å²) in [6, 6.07) is 25.6. The maximum Gasteiger partial charge on any atom is 0.277 e. The number of aromatic nitrogens is 2. The monoisotopic (exact) mass is 562 g/mol. The first-order valence-electron chi connectivity index (χ1n) is 13.8. The van der Waals surface area contributed by atoms with Crippen molar-refractivity contribution in [3.05, 3.63) is 113 Å². The standard InChI is InChI=1S/C25H26N4O3.C8H8N2/c1-3-23(31)27(2)16-20-6-4-18(5-7-20)14-19-8-10-22(11-9-19)28-12-13-29-24(25(28)32)21(17-30)15-26-29;1-10-8-4-2-3-7(5-8)6-9/h4-11,15,17H,3,12-14,16H2,1-2H3;2-5,10H,1H3. The molecule has 1 aliphatic heterocycles. The molecule has 42 heavy (non-hydrogen) atoms. The Bertz CT molecular complexity index is 1590. The van der Waals surface area contributed by atoms with E-state index in [1.165, 1.54) is 11.8 Å². The molecule has 0 unspecified atom stereocenters. The Labute approximate surface area is 246 Å². The zero-order valence-corrected chi connectivity index (χ0v) is 24.1. The van der Waals surface area contributed by atoms with E-state index < -0.39 is 0 Å². The van der Waals surface area contributed by atoms with E-state index in [9.17, 15) is 14.4 Å². The number of benzene rings is 3. The minimum atomic E-state index is -0.203. The van der Waals surface area contributed by atoms with E-state index in [0.717, 1.165) is 28.9 Å². The van der Waals surface area contributed by atoms with Crippen molar-refractivity contribution in [3.8, 4) is 6.07 Å². The normalized spacial score (nSPS) is 12.0. The number of carbonyl (C=O) groups excluding carboxylic acids is 3. The molecule has 1 N–H and O–H groups in total. The fourth-order valence-corrected chi connectivity index (χ4v) is 4.73. The second-order valence-corrected chi connectivity index (χ2v) is 9.95. The maximum atomic E-state index is 12.9. The van der Waals surface area contributed by atoms with Crippen LogP contribution in [0.1, 0.15) is 56.4 Å². The number of nitrogens with zero attached hydrogens (tertiary/aromatic N) is 5. The molecule has 0 bridgehead atoms. The summed E-state index contributed by atoms with van der Waals surface area (Å²) < 4.78 is 1.59. The van der Waals surface area contributed by atoms with E-state index in [1.54, 1.807) is 26.6 Å². The largest absolute Gasteiger partial charge is 0.388 e. The molecule has 0 saturated carbocycles. The van der Waals surface area contributed by atoms with Crippen LogP contribution >= 0.6 is 0 Å². The molecule has 1 aliphatic rings. The molecule has 3 aromatic carbocycles. The van der Waals surface area contributed by atoms with Crippen LogP contribution in [0.5, 0.6) is 0 Å². The van der Waals surface area contributed by atoms with Gasteiger partial charge in [0.05, 0.1) is 29.9 Å². The predicted octanol–water partition coefficient (Wildman–Crippen LogP) is 4.92. The molecule has 2 amide bonds. The van der Waals surface area contributed by atoms with Crippen molar-refractivity contribution in [3.63, 3.8) is 0 Å². The number of nitrogens with one attached hydrogen (secondary N) is 1. The average Bonchev–Trinajstić information content (AvgIpc) is 3.47. The van der Waals surface area contributed by atoms with Gasteiger partial charge in [-0.3, -0.25) is 19.1 Å². The molecule has 214 valence electrons. The molecule has 0 fully saturated rings. The third kappa shape index (κ3) is 7.09. The van der Waals surface area contributed by atoms with E-state index >= 15 is 0 Å². The molecule has 2 heterocycles. The number of aldehydes is 1. The van der Waals surface area contributed by atoms with Gasteiger partial charge in [-0.15, -0.1) is 0 Å². The van der Waals surface area contributed by atoms with E-state index in [0.29, 0.717) is 49.2 Å². The highest BCUT2D eigenvalue weighted by Crippen LogP contribution is 2.24. The number of nitriles is 1. The predicted molar refractivity (Wildman–Crippen MR) is 162 cm³/mol. The maximum absolute atomic E-state index is 12.9. The van der Waals surface area contributed by atoms with Crippen LogP contribution in [0.3, 0.4) is 0 Å². The van der Waals surface area contributed by atoms with Gasteiger partial charge in [-0.1, -0.05) is 49.4 Å². The summed E-state index contributed by atoms with van der Waals surface area (Å²) >= 11 is 0. The van der Waals surface area contributed by atoms with Gasteiger partial charge in [0.1, 0.15) is 5.69 Å². The van der Waals surface area contributed by atoms with Crippen LogP contribution in [0.15, 0.2) is 79.0 Å². The Hall–Kier alpha value is -5.23. The highest BCUT2D eigenvalue weighted by atomic mass is 16.2. The summed E-state index contributed by atoms with van der Waals surface area (Å²) in [4.78, 5) is 39.3. The molecule has 1 aromatic heterocycles. The van der Waals surface area contributed by atoms with Crippen LogP contribution in [0.4, 0.5) is 11.4 Å². The van der Waals surface area contributed by atoms with Crippen LogP contribution in [-0.4, -0.2) is 53.4 Å². The van der Waals surface area contributed by atoms with Gasteiger partial charge >= 0.3 is 0 Å². The van der Waals surface area contributed by atoms with Crippen molar-refractivity contribution in [2.45, 2.75) is 32.9 Å². The summed E-state index contributed by atoms with van der Waals surface area (Å²) in [6.45, 7) is 3.55. The van der Waals surface area contributed by atoms with Crippen LogP contribution in [-0.2, 0) is 24.3 Å². The lowest BCUT2D eigenvalue weighted by molar-refractivity contribution is -0.130. The van der Waals surface area contributed by atoms with Gasteiger partial charge in [0.2, 0.25) is 5.91 Å². The Morgan fingerprint density at radius 2 is 1.71 bits per heavy atom. The van der Waals surface area contributed by atoms with Gasteiger partial charge < -0.3 is 15.1 Å². The second-order valence-electron chi connectivity index (χ2n) is 9.95. The summed E-state index contributed by atoms with van der Waals surface area (Å²) in [5.74, 6) is -0.0705. The first-order chi connectivity index (χ1) is 20.4. The molecule has 9 nitrogen and oxygen atoms in total.